The lowest BCUT2D eigenvalue weighted by molar-refractivity contribution is 0.0690. The molecule has 0 aliphatic heterocycles. The van der Waals surface area contributed by atoms with E-state index < -0.39 is 5.97 Å². The van der Waals surface area contributed by atoms with Crippen molar-refractivity contribution in [3.8, 4) is 0 Å². The molecule has 3 aromatic heterocycles. The highest BCUT2D eigenvalue weighted by molar-refractivity contribution is 9.10. The predicted octanol–water partition coefficient (Wildman–Crippen LogP) is 2.26. The Labute approximate surface area is 115 Å². The largest absolute Gasteiger partial charge is 0.476 e. The maximum Gasteiger partial charge on any atom is 0.357 e. The molecule has 0 saturated carbocycles. The summed E-state index contributed by atoms with van der Waals surface area (Å²) in [5.74, 6) is 0.266. The summed E-state index contributed by atoms with van der Waals surface area (Å²) >= 11 is 3.19. The molecule has 0 fully saturated rings. The van der Waals surface area contributed by atoms with Gasteiger partial charge in [0.05, 0.1) is 0 Å². The molecule has 0 aliphatic rings. The zero-order chi connectivity index (χ0) is 13.4. The van der Waals surface area contributed by atoms with Crippen molar-refractivity contribution in [1.82, 2.24) is 19.6 Å². The number of rotatable bonds is 3. The van der Waals surface area contributed by atoms with Gasteiger partial charge < -0.3 is 15.4 Å². The van der Waals surface area contributed by atoms with Gasteiger partial charge in [0, 0.05) is 6.20 Å². The number of aromatic nitrogens is 4. The van der Waals surface area contributed by atoms with Gasteiger partial charge in [-0.05, 0) is 40.2 Å². The summed E-state index contributed by atoms with van der Waals surface area (Å²) in [5.41, 5.74) is 0.394. The molecule has 3 rings (SSSR count). The van der Waals surface area contributed by atoms with E-state index in [1.54, 1.807) is 18.3 Å². The summed E-state index contributed by atoms with van der Waals surface area (Å²) in [4.78, 5) is 17.9. The second kappa shape index (κ2) is 4.39. The first kappa shape index (κ1) is 11.7. The molecule has 8 heteroatoms. The number of carbonyl (C=O) groups is 1. The number of nitrogens with one attached hydrogen (secondary N) is 2. The average Bonchev–Trinajstić information content (AvgIpc) is 2.98. The van der Waals surface area contributed by atoms with E-state index in [2.05, 4.69) is 36.3 Å². The normalized spacial score (nSPS) is 10.8. The maximum absolute atomic E-state index is 11.0. The topological polar surface area (TPSA) is 95.3 Å². The van der Waals surface area contributed by atoms with Gasteiger partial charge >= 0.3 is 5.97 Å². The minimum absolute atomic E-state index is 0.0653. The van der Waals surface area contributed by atoms with Crippen molar-refractivity contribution in [3.63, 3.8) is 0 Å². The van der Waals surface area contributed by atoms with Gasteiger partial charge in [-0.2, -0.15) is 0 Å². The van der Waals surface area contributed by atoms with Crippen LogP contribution in [0, 0.1) is 0 Å². The van der Waals surface area contributed by atoms with E-state index in [0.29, 0.717) is 16.1 Å². The third-order valence-electron chi connectivity index (χ3n) is 2.49. The fraction of sp³-hybridized carbons (Fsp3) is 0. The Morgan fingerprint density at radius 3 is 2.95 bits per heavy atom. The molecule has 0 aromatic carbocycles. The highest BCUT2D eigenvalue weighted by Crippen LogP contribution is 2.20. The highest BCUT2D eigenvalue weighted by atomic mass is 79.9. The number of carboxylic acids is 1. The van der Waals surface area contributed by atoms with Crippen LogP contribution in [0.3, 0.4) is 0 Å². The van der Waals surface area contributed by atoms with Crippen LogP contribution in [-0.2, 0) is 0 Å². The van der Waals surface area contributed by atoms with Gasteiger partial charge in [-0.25, -0.2) is 14.3 Å². The van der Waals surface area contributed by atoms with Gasteiger partial charge in [0.15, 0.2) is 17.2 Å². The Hall–Kier alpha value is -2.35. The van der Waals surface area contributed by atoms with Crippen LogP contribution in [0.4, 0.5) is 11.6 Å². The van der Waals surface area contributed by atoms with Gasteiger partial charge in [-0.3, -0.25) is 0 Å². The van der Waals surface area contributed by atoms with E-state index in [-0.39, 0.29) is 5.69 Å². The molecule has 7 nitrogen and oxygen atoms in total. The number of imidazole rings is 1. The smallest absolute Gasteiger partial charge is 0.357 e. The van der Waals surface area contributed by atoms with Crippen LogP contribution in [0.25, 0.3) is 5.65 Å². The van der Waals surface area contributed by atoms with Gasteiger partial charge in [-0.1, -0.05) is 0 Å². The monoisotopic (exact) mass is 321 g/mol. The van der Waals surface area contributed by atoms with Crippen LogP contribution in [0.15, 0.2) is 35.1 Å². The number of H-pyrrole nitrogens is 1. The van der Waals surface area contributed by atoms with Crippen molar-refractivity contribution < 1.29 is 9.90 Å². The standard InChI is InChI=1S/C11H8BrN5O2/c12-10-9(11(18)19)15-8-4-3-7(16-17(8)10)14-6-2-1-5-13-6/h1-5,13H,(H,14,16)(H,18,19). The van der Waals surface area contributed by atoms with E-state index in [4.69, 9.17) is 5.11 Å². The van der Waals surface area contributed by atoms with E-state index >= 15 is 0 Å². The van der Waals surface area contributed by atoms with Crippen molar-refractivity contribution in [2.24, 2.45) is 0 Å². The summed E-state index contributed by atoms with van der Waals surface area (Å²) in [6, 6.07) is 7.13. The molecule has 0 bridgehead atoms. The van der Waals surface area contributed by atoms with Gasteiger partial charge in [0.25, 0.3) is 0 Å². The van der Waals surface area contributed by atoms with E-state index in [9.17, 15) is 4.79 Å². The molecule has 19 heavy (non-hydrogen) atoms. The van der Waals surface area contributed by atoms with Gasteiger partial charge in [-0.15, -0.1) is 5.10 Å². The average molecular weight is 322 g/mol. The zero-order valence-electron chi connectivity index (χ0n) is 9.46. The SMILES string of the molecule is O=C(O)c1nc2ccc(Nc3ccc[nH]3)nn2c1Br. The lowest BCUT2D eigenvalue weighted by atomic mass is 10.5. The van der Waals surface area contributed by atoms with Crippen LogP contribution in [0.1, 0.15) is 10.5 Å². The fourth-order valence-electron chi connectivity index (χ4n) is 1.66. The Balaban J connectivity index is 2.05. The van der Waals surface area contributed by atoms with Crippen LogP contribution in [-0.4, -0.2) is 30.7 Å². The molecule has 0 amide bonds. The summed E-state index contributed by atoms with van der Waals surface area (Å²) in [7, 11) is 0. The number of nitrogens with zero attached hydrogens (tertiary/aromatic N) is 3. The number of hydrogen-bond acceptors (Lipinski definition) is 4. The summed E-state index contributed by atoms with van der Waals surface area (Å²) in [6.07, 6.45) is 1.79. The highest BCUT2D eigenvalue weighted by Gasteiger charge is 2.17. The van der Waals surface area contributed by atoms with Crippen LogP contribution >= 0.6 is 15.9 Å². The first-order chi connectivity index (χ1) is 9.15. The van der Waals surface area contributed by atoms with Crippen molar-refractivity contribution in [3.05, 3.63) is 40.8 Å². The Bertz CT molecular complexity index is 750. The molecule has 0 spiro atoms. The molecule has 3 aromatic rings. The number of hydrogen-bond donors (Lipinski definition) is 3. The van der Waals surface area contributed by atoms with Crippen molar-refractivity contribution in [2.45, 2.75) is 0 Å². The Morgan fingerprint density at radius 2 is 2.26 bits per heavy atom. The molecule has 0 saturated heterocycles. The van der Waals surface area contributed by atoms with Crippen molar-refractivity contribution in [2.75, 3.05) is 5.32 Å². The van der Waals surface area contributed by atoms with E-state index in [0.717, 1.165) is 5.82 Å². The number of carboxylic acid groups (broad SMARTS) is 1. The summed E-state index contributed by atoms with van der Waals surface area (Å²) in [6.45, 7) is 0. The fourth-order valence-corrected chi connectivity index (χ4v) is 2.17. The van der Waals surface area contributed by atoms with Gasteiger partial charge in [0.2, 0.25) is 0 Å². The molecule has 0 unspecified atom stereocenters. The number of halogens is 1. The second-order valence-corrected chi connectivity index (χ2v) is 4.50. The molecule has 0 atom stereocenters. The van der Waals surface area contributed by atoms with Crippen molar-refractivity contribution >= 4 is 39.2 Å². The lowest BCUT2D eigenvalue weighted by Gasteiger charge is -2.03. The molecule has 0 aliphatic carbocycles. The molecule has 0 radical (unpaired) electrons. The summed E-state index contributed by atoms with van der Waals surface area (Å²) < 4.78 is 1.74. The minimum atomic E-state index is -1.10. The molecular formula is C11H8BrN5O2. The van der Waals surface area contributed by atoms with Crippen LogP contribution < -0.4 is 5.32 Å². The number of aromatic amines is 1. The molecular weight excluding hydrogens is 314 g/mol. The van der Waals surface area contributed by atoms with Gasteiger partial charge in [0.1, 0.15) is 10.4 Å². The van der Waals surface area contributed by atoms with E-state index in [1.807, 2.05) is 12.1 Å². The minimum Gasteiger partial charge on any atom is -0.476 e. The number of aromatic carboxylic acids is 1. The number of anilines is 2. The maximum atomic E-state index is 11.0. The third kappa shape index (κ3) is 2.06. The predicted molar refractivity (Wildman–Crippen MR) is 71.7 cm³/mol. The molecule has 3 heterocycles. The van der Waals surface area contributed by atoms with E-state index in [1.165, 1.54) is 4.52 Å². The third-order valence-corrected chi connectivity index (χ3v) is 3.20. The first-order valence-electron chi connectivity index (χ1n) is 5.34. The van der Waals surface area contributed by atoms with Crippen molar-refractivity contribution in [1.29, 1.82) is 0 Å². The zero-order valence-corrected chi connectivity index (χ0v) is 11.0. The quantitative estimate of drug-likeness (QED) is 0.687. The summed E-state index contributed by atoms with van der Waals surface area (Å²) in [5, 5.41) is 16.3. The second-order valence-electron chi connectivity index (χ2n) is 3.75. The van der Waals surface area contributed by atoms with Crippen LogP contribution in [0.5, 0.6) is 0 Å². The Kier molecular flexibility index (Phi) is 2.71. The van der Waals surface area contributed by atoms with Crippen LogP contribution in [0.2, 0.25) is 0 Å². The molecule has 96 valence electrons. The molecule has 3 N–H and O–H groups in total. The number of fused-ring (bicyclic) bond motifs is 1. The first-order valence-corrected chi connectivity index (χ1v) is 6.13. The lowest BCUT2D eigenvalue weighted by Crippen LogP contribution is -2.00. The Morgan fingerprint density at radius 1 is 1.42 bits per heavy atom.